The standard InChI is InChI=1S/C22H32N4O2/c1-25-16-22(8-10-23-11-9-22)14-19(25)20(27)24-15-17-4-6-18(7-5-17)21(28)26-12-2-3-13-26/h4-7,19,23H,2-3,8-16H2,1H3,(H,24,27). The molecule has 3 saturated heterocycles. The Bertz CT molecular complexity index is 706. The molecule has 1 spiro atoms. The zero-order valence-electron chi connectivity index (χ0n) is 16.9. The topological polar surface area (TPSA) is 64.7 Å². The first-order valence-electron chi connectivity index (χ1n) is 10.6. The quantitative estimate of drug-likeness (QED) is 0.828. The number of likely N-dealkylation sites (tertiary alicyclic amines) is 2. The summed E-state index contributed by atoms with van der Waals surface area (Å²) in [6.45, 7) is 5.37. The molecule has 3 aliphatic rings. The van der Waals surface area contributed by atoms with Gasteiger partial charge in [-0.3, -0.25) is 14.5 Å². The van der Waals surface area contributed by atoms with E-state index in [1.807, 2.05) is 29.2 Å². The van der Waals surface area contributed by atoms with Crippen molar-refractivity contribution in [2.75, 3.05) is 39.8 Å². The highest BCUT2D eigenvalue weighted by Crippen LogP contribution is 2.41. The zero-order chi connectivity index (χ0) is 19.6. The van der Waals surface area contributed by atoms with Crippen molar-refractivity contribution in [2.45, 2.75) is 44.7 Å². The van der Waals surface area contributed by atoms with E-state index in [-0.39, 0.29) is 17.9 Å². The maximum Gasteiger partial charge on any atom is 0.253 e. The first kappa shape index (κ1) is 19.4. The molecule has 4 rings (SSSR count). The van der Waals surface area contributed by atoms with Crippen LogP contribution >= 0.6 is 0 Å². The van der Waals surface area contributed by atoms with Crippen LogP contribution in [0, 0.1) is 5.41 Å². The van der Waals surface area contributed by atoms with Crippen molar-refractivity contribution in [1.29, 1.82) is 0 Å². The van der Waals surface area contributed by atoms with Crippen LogP contribution in [0.25, 0.3) is 0 Å². The van der Waals surface area contributed by atoms with Gasteiger partial charge in [0.15, 0.2) is 0 Å². The Morgan fingerprint density at radius 3 is 2.50 bits per heavy atom. The monoisotopic (exact) mass is 384 g/mol. The van der Waals surface area contributed by atoms with E-state index in [9.17, 15) is 9.59 Å². The molecule has 0 aliphatic carbocycles. The second kappa shape index (κ2) is 8.21. The molecule has 3 aliphatic heterocycles. The number of benzene rings is 1. The lowest BCUT2D eigenvalue weighted by molar-refractivity contribution is -0.125. The number of carbonyl (C=O) groups excluding carboxylic acids is 2. The Morgan fingerprint density at radius 2 is 1.82 bits per heavy atom. The molecule has 3 fully saturated rings. The molecular formula is C22H32N4O2. The van der Waals surface area contributed by atoms with E-state index < -0.39 is 0 Å². The van der Waals surface area contributed by atoms with E-state index in [1.165, 1.54) is 0 Å². The van der Waals surface area contributed by atoms with Gasteiger partial charge in [0, 0.05) is 31.7 Å². The first-order valence-corrected chi connectivity index (χ1v) is 10.6. The fourth-order valence-corrected chi connectivity index (χ4v) is 5.06. The van der Waals surface area contributed by atoms with E-state index in [1.54, 1.807) is 0 Å². The lowest BCUT2D eigenvalue weighted by Gasteiger charge is -2.33. The van der Waals surface area contributed by atoms with Crippen molar-refractivity contribution in [3.63, 3.8) is 0 Å². The highest BCUT2D eigenvalue weighted by Gasteiger charge is 2.45. The van der Waals surface area contributed by atoms with Gasteiger partial charge in [-0.25, -0.2) is 0 Å². The number of rotatable bonds is 4. The molecule has 2 N–H and O–H groups in total. The molecule has 0 saturated carbocycles. The van der Waals surface area contributed by atoms with Crippen molar-refractivity contribution in [3.8, 4) is 0 Å². The van der Waals surface area contributed by atoms with Gasteiger partial charge in [-0.05, 0) is 75.4 Å². The SMILES string of the molecule is CN1CC2(CCNCC2)CC1C(=O)NCc1ccc(C(=O)N2CCCC2)cc1. The lowest BCUT2D eigenvalue weighted by Crippen LogP contribution is -2.41. The second-order valence-corrected chi connectivity index (χ2v) is 8.80. The average Bonchev–Trinajstić information content (AvgIpc) is 3.35. The van der Waals surface area contributed by atoms with Gasteiger partial charge in [-0.2, -0.15) is 0 Å². The summed E-state index contributed by atoms with van der Waals surface area (Å²) in [7, 11) is 2.07. The van der Waals surface area contributed by atoms with Gasteiger partial charge in [0.25, 0.3) is 5.91 Å². The Labute approximate surface area is 167 Å². The van der Waals surface area contributed by atoms with E-state index >= 15 is 0 Å². The summed E-state index contributed by atoms with van der Waals surface area (Å²) in [4.78, 5) is 29.3. The van der Waals surface area contributed by atoms with Crippen molar-refractivity contribution in [1.82, 2.24) is 20.4 Å². The first-order chi connectivity index (χ1) is 13.6. The normalized spacial score (nSPS) is 24.6. The van der Waals surface area contributed by atoms with Crippen molar-refractivity contribution >= 4 is 11.8 Å². The molecule has 0 radical (unpaired) electrons. The van der Waals surface area contributed by atoms with E-state index in [0.717, 1.165) is 76.0 Å². The molecule has 152 valence electrons. The molecule has 0 aromatic heterocycles. The molecule has 0 bridgehead atoms. The van der Waals surface area contributed by atoms with E-state index in [2.05, 4.69) is 22.6 Å². The highest BCUT2D eigenvalue weighted by atomic mass is 16.2. The maximum absolute atomic E-state index is 12.8. The van der Waals surface area contributed by atoms with Gasteiger partial charge >= 0.3 is 0 Å². The third-order valence-electron chi connectivity index (χ3n) is 6.77. The average molecular weight is 385 g/mol. The number of amides is 2. The summed E-state index contributed by atoms with van der Waals surface area (Å²) in [5.41, 5.74) is 2.07. The Balaban J connectivity index is 1.30. The summed E-state index contributed by atoms with van der Waals surface area (Å²) in [6.07, 6.45) is 5.48. The van der Waals surface area contributed by atoms with Crippen LogP contribution in [0.1, 0.15) is 48.0 Å². The minimum absolute atomic E-state index is 0.0332. The van der Waals surface area contributed by atoms with E-state index in [0.29, 0.717) is 12.0 Å². The van der Waals surface area contributed by atoms with Crippen LogP contribution in [0.15, 0.2) is 24.3 Å². The molecule has 1 atom stereocenters. The van der Waals surface area contributed by atoms with Gasteiger partial charge in [-0.1, -0.05) is 12.1 Å². The molecule has 6 heteroatoms. The second-order valence-electron chi connectivity index (χ2n) is 8.80. The largest absolute Gasteiger partial charge is 0.351 e. The number of piperidine rings is 1. The van der Waals surface area contributed by atoms with Crippen molar-refractivity contribution < 1.29 is 9.59 Å². The molecular weight excluding hydrogens is 352 g/mol. The summed E-state index contributed by atoms with van der Waals surface area (Å²) < 4.78 is 0. The fraction of sp³-hybridized carbons (Fsp3) is 0.636. The maximum atomic E-state index is 12.8. The number of nitrogens with zero attached hydrogens (tertiary/aromatic N) is 2. The third-order valence-corrected chi connectivity index (χ3v) is 6.77. The predicted octanol–water partition coefficient (Wildman–Crippen LogP) is 1.61. The fourth-order valence-electron chi connectivity index (χ4n) is 5.06. The van der Waals surface area contributed by atoms with Crippen LogP contribution in [-0.2, 0) is 11.3 Å². The predicted molar refractivity (Wildman–Crippen MR) is 109 cm³/mol. The van der Waals surface area contributed by atoms with Gasteiger partial charge in [0.05, 0.1) is 6.04 Å². The summed E-state index contributed by atoms with van der Waals surface area (Å²) in [6, 6.07) is 7.64. The van der Waals surface area contributed by atoms with Gasteiger partial charge in [0.1, 0.15) is 0 Å². The number of hydrogen-bond acceptors (Lipinski definition) is 4. The number of hydrogen-bond donors (Lipinski definition) is 2. The van der Waals surface area contributed by atoms with Crippen LogP contribution in [0.5, 0.6) is 0 Å². The summed E-state index contributed by atoms with van der Waals surface area (Å²) in [5.74, 6) is 0.239. The number of nitrogens with one attached hydrogen (secondary N) is 2. The van der Waals surface area contributed by atoms with Crippen LogP contribution in [0.4, 0.5) is 0 Å². The Hall–Kier alpha value is -1.92. The molecule has 1 unspecified atom stereocenters. The molecule has 2 amide bonds. The zero-order valence-corrected chi connectivity index (χ0v) is 16.9. The molecule has 6 nitrogen and oxygen atoms in total. The number of likely N-dealkylation sites (N-methyl/N-ethyl adjacent to an activating group) is 1. The molecule has 28 heavy (non-hydrogen) atoms. The Morgan fingerprint density at radius 1 is 1.14 bits per heavy atom. The van der Waals surface area contributed by atoms with Crippen LogP contribution in [-0.4, -0.2) is 67.4 Å². The molecule has 3 heterocycles. The van der Waals surface area contributed by atoms with Crippen LogP contribution < -0.4 is 10.6 Å². The number of carbonyl (C=O) groups is 2. The van der Waals surface area contributed by atoms with Gasteiger partial charge in [0.2, 0.25) is 5.91 Å². The lowest BCUT2D eigenvalue weighted by atomic mass is 9.77. The summed E-state index contributed by atoms with van der Waals surface area (Å²) in [5, 5.41) is 6.53. The highest BCUT2D eigenvalue weighted by molar-refractivity contribution is 5.94. The van der Waals surface area contributed by atoms with Gasteiger partial charge in [-0.15, -0.1) is 0 Å². The smallest absolute Gasteiger partial charge is 0.253 e. The van der Waals surface area contributed by atoms with Crippen LogP contribution in [0.2, 0.25) is 0 Å². The minimum atomic E-state index is -0.0332. The summed E-state index contributed by atoms with van der Waals surface area (Å²) >= 11 is 0. The van der Waals surface area contributed by atoms with Crippen molar-refractivity contribution in [2.24, 2.45) is 5.41 Å². The van der Waals surface area contributed by atoms with E-state index in [4.69, 9.17) is 0 Å². The van der Waals surface area contributed by atoms with Gasteiger partial charge < -0.3 is 15.5 Å². The molecule has 1 aromatic carbocycles. The van der Waals surface area contributed by atoms with Crippen molar-refractivity contribution in [3.05, 3.63) is 35.4 Å². The molecule has 1 aromatic rings. The minimum Gasteiger partial charge on any atom is -0.351 e. The third kappa shape index (κ3) is 4.08. The Kier molecular flexibility index (Phi) is 5.69. The van der Waals surface area contributed by atoms with Crippen LogP contribution in [0.3, 0.4) is 0 Å².